The first kappa shape index (κ1) is 21.3. The number of pyridine rings is 1. The average molecular weight is 440 g/mol. The molecule has 30 heavy (non-hydrogen) atoms. The van der Waals surface area contributed by atoms with Crippen LogP contribution in [0.4, 0.5) is 23.2 Å². The van der Waals surface area contributed by atoms with Crippen LogP contribution in [0.5, 0.6) is 0 Å². The van der Waals surface area contributed by atoms with Gasteiger partial charge in [-0.05, 0) is 18.2 Å². The first-order valence-corrected chi connectivity index (χ1v) is 9.93. The molecule has 0 aliphatic carbocycles. The molecule has 2 N–H and O–H groups in total. The number of carbonyl (C=O) groups is 1. The van der Waals surface area contributed by atoms with E-state index in [9.17, 15) is 30.8 Å². The third-order valence-electron chi connectivity index (χ3n) is 4.07. The molecular weight excluding hydrogens is 428 g/mol. The third kappa shape index (κ3) is 4.57. The molecule has 0 saturated carbocycles. The van der Waals surface area contributed by atoms with E-state index in [-0.39, 0.29) is 22.2 Å². The summed E-state index contributed by atoms with van der Waals surface area (Å²) in [5.41, 5.74) is -0.719. The topological polar surface area (TPSA) is 116 Å². The number of alkyl halides is 3. The van der Waals surface area contributed by atoms with Crippen LogP contribution >= 0.6 is 0 Å². The van der Waals surface area contributed by atoms with Crippen molar-refractivity contribution in [3.63, 3.8) is 0 Å². The molecule has 0 amide bonds. The van der Waals surface area contributed by atoms with Crippen LogP contribution in [0.15, 0.2) is 36.7 Å². The molecule has 1 aromatic carbocycles. The Morgan fingerprint density at radius 2 is 2.00 bits per heavy atom. The number of aromatic amines is 1. The average Bonchev–Trinajstić information content (AvgIpc) is 3.10. The molecule has 0 aliphatic rings. The molecule has 0 fully saturated rings. The number of hydrogen-bond donors (Lipinski definition) is 2. The van der Waals surface area contributed by atoms with Crippen LogP contribution < -0.4 is 4.72 Å². The minimum Gasteiger partial charge on any atom is -0.345 e. The Labute approximate surface area is 167 Å². The highest BCUT2D eigenvalue weighted by Gasteiger charge is 2.30. The standard InChI is InChI=1S/C18H12F4N4O3S/c19-15-11(2-1-3-14(15)26-30(28,29)5-4-18(20,21)22)16(27)13-9-25-17-12(13)6-10(7-23)8-24-17/h1-3,6,8-9,26H,4-5H2,(H,24,25). The van der Waals surface area contributed by atoms with Gasteiger partial charge in [0.1, 0.15) is 11.7 Å². The number of anilines is 1. The number of hydrogen-bond acceptors (Lipinski definition) is 5. The molecule has 156 valence electrons. The Kier molecular flexibility index (Phi) is 5.49. The molecule has 0 unspecified atom stereocenters. The maximum absolute atomic E-state index is 14.8. The SMILES string of the molecule is N#Cc1cnc2[nH]cc(C(=O)c3cccc(NS(=O)(=O)CCC(F)(F)F)c3F)c2c1. The molecule has 12 heteroatoms. The second-order valence-corrected chi connectivity index (χ2v) is 8.06. The van der Waals surface area contributed by atoms with E-state index in [0.717, 1.165) is 12.1 Å². The van der Waals surface area contributed by atoms with Crippen LogP contribution in [0.3, 0.4) is 0 Å². The number of nitrogens with one attached hydrogen (secondary N) is 2. The van der Waals surface area contributed by atoms with E-state index in [4.69, 9.17) is 5.26 Å². The van der Waals surface area contributed by atoms with Crippen molar-refractivity contribution in [3.8, 4) is 6.07 Å². The molecule has 0 bridgehead atoms. The van der Waals surface area contributed by atoms with Gasteiger partial charge in [0.15, 0.2) is 11.6 Å². The summed E-state index contributed by atoms with van der Waals surface area (Å²) >= 11 is 0. The highest BCUT2D eigenvalue weighted by atomic mass is 32.2. The zero-order valence-electron chi connectivity index (χ0n) is 14.9. The monoisotopic (exact) mass is 440 g/mol. The molecule has 0 aliphatic heterocycles. The molecule has 0 spiro atoms. The lowest BCUT2D eigenvalue weighted by Gasteiger charge is -2.12. The smallest absolute Gasteiger partial charge is 0.345 e. The van der Waals surface area contributed by atoms with E-state index in [2.05, 4.69) is 9.97 Å². The number of ketones is 1. The van der Waals surface area contributed by atoms with Crippen molar-refractivity contribution in [2.75, 3.05) is 10.5 Å². The van der Waals surface area contributed by atoms with Crippen molar-refractivity contribution in [1.29, 1.82) is 5.26 Å². The molecule has 2 heterocycles. The Balaban J connectivity index is 1.94. The van der Waals surface area contributed by atoms with Crippen LogP contribution in [0.25, 0.3) is 11.0 Å². The van der Waals surface area contributed by atoms with Gasteiger partial charge in [-0.15, -0.1) is 0 Å². The van der Waals surface area contributed by atoms with Gasteiger partial charge in [-0.3, -0.25) is 9.52 Å². The number of fused-ring (bicyclic) bond motifs is 1. The van der Waals surface area contributed by atoms with Gasteiger partial charge in [-0.2, -0.15) is 18.4 Å². The van der Waals surface area contributed by atoms with Gasteiger partial charge in [0, 0.05) is 23.3 Å². The van der Waals surface area contributed by atoms with Crippen LogP contribution in [0.1, 0.15) is 27.9 Å². The summed E-state index contributed by atoms with van der Waals surface area (Å²) in [5.74, 6) is -3.36. The minimum absolute atomic E-state index is 0.00872. The normalized spacial score (nSPS) is 12.0. The van der Waals surface area contributed by atoms with Gasteiger partial charge in [-0.25, -0.2) is 17.8 Å². The lowest BCUT2D eigenvalue weighted by Crippen LogP contribution is -2.22. The second-order valence-electron chi connectivity index (χ2n) is 6.22. The van der Waals surface area contributed by atoms with Crippen molar-refractivity contribution in [2.45, 2.75) is 12.6 Å². The molecule has 0 atom stereocenters. The summed E-state index contributed by atoms with van der Waals surface area (Å²) in [7, 11) is -4.50. The summed E-state index contributed by atoms with van der Waals surface area (Å²) < 4.78 is 77.1. The minimum atomic E-state index is -4.70. The van der Waals surface area contributed by atoms with E-state index in [1.165, 1.54) is 24.5 Å². The zero-order valence-corrected chi connectivity index (χ0v) is 15.7. The summed E-state index contributed by atoms with van der Waals surface area (Å²) in [6.45, 7) is 0. The van der Waals surface area contributed by atoms with E-state index in [1.807, 2.05) is 6.07 Å². The predicted octanol–water partition coefficient (Wildman–Crippen LogP) is 3.50. The van der Waals surface area contributed by atoms with Gasteiger partial charge < -0.3 is 4.98 Å². The highest BCUT2D eigenvalue weighted by Crippen LogP contribution is 2.26. The van der Waals surface area contributed by atoms with Gasteiger partial charge in [0.05, 0.1) is 29.0 Å². The van der Waals surface area contributed by atoms with E-state index < -0.39 is 51.2 Å². The lowest BCUT2D eigenvalue weighted by molar-refractivity contribution is -0.129. The molecule has 3 aromatic rings. The number of sulfonamides is 1. The molecule has 0 saturated heterocycles. The number of nitriles is 1. The second kappa shape index (κ2) is 7.75. The molecule has 2 aromatic heterocycles. The number of rotatable bonds is 6. The fourth-order valence-corrected chi connectivity index (χ4v) is 3.75. The number of nitrogens with zero attached hydrogens (tertiary/aromatic N) is 2. The fourth-order valence-electron chi connectivity index (χ4n) is 2.65. The van der Waals surface area contributed by atoms with Gasteiger partial charge in [-0.1, -0.05) is 6.07 Å². The van der Waals surface area contributed by atoms with E-state index in [1.54, 1.807) is 4.72 Å². The Morgan fingerprint density at radius 1 is 1.27 bits per heavy atom. The number of halogens is 4. The number of carbonyl (C=O) groups excluding carboxylic acids is 1. The summed E-state index contributed by atoms with van der Waals surface area (Å²) in [5, 5.41) is 9.24. The van der Waals surface area contributed by atoms with Crippen molar-refractivity contribution >= 4 is 32.5 Å². The van der Waals surface area contributed by atoms with Gasteiger partial charge in [0.25, 0.3) is 0 Å². The van der Waals surface area contributed by atoms with E-state index >= 15 is 0 Å². The molecule has 3 rings (SSSR count). The van der Waals surface area contributed by atoms with Crippen molar-refractivity contribution < 1.29 is 30.8 Å². The quantitative estimate of drug-likeness (QED) is 0.450. The van der Waals surface area contributed by atoms with Crippen LogP contribution in [0, 0.1) is 17.1 Å². The van der Waals surface area contributed by atoms with Crippen LogP contribution in [0.2, 0.25) is 0 Å². The first-order chi connectivity index (χ1) is 14.0. The van der Waals surface area contributed by atoms with Crippen LogP contribution in [-0.4, -0.2) is 36.1 Å². The summed E-state index contributed by atoms with van der Waals surface area (Å²) in [6, 6.07) is 6.52. The third-order valence-corrected chi connectivity index (χ3v) is 5.34. The maximum atomic E-state index is 14.8. The molecule has 7 nitrogen and oxygen atoms in total. The molecular formula is C18H12F4N4O3S. The van der Waals surface area contributed by atoms with Gasteiger partial charge >= 0.3 is 6.18 Å². The fraction of sp³-hybridized carbons (Fsp3) is 0.167. The highest BCUT2D eigenvalue weighted by molar-refractivity contribution is 7.92. The predicted molar refractivity (Wildman–Crippen MR) is 98.7 cm³/mol. The largest absolute Gasteiger partial charge is 0.390 e. The van der Waals surface area contributed by atoms with Gasteiger partial charge in [0.2, 0.25) is 10.0 Å². The number of benzene rings is 1. The van der Waals surface area contributed by atoms with Crippen molar-refractivity contribution in [1.82, 2.24) is 9.97 Å². The van der Waals surface area contributed by atoms with E-state index in [0.29, 0.717) is 0 Å². The summed E-state index contributed by atoms with van der Waals surface area (Å²) in [6.07, 6.45) is -3.76. The zero-order chi connectivity index (χ0) is 22.1. The van der Waals surface area contributed by atoms with Crippen molar-refractivity contribution in [2.24, 2.45) is 0 Å². The lowest BCUT2D eigenvalue weighted by atomic mass is 10.0. The summed E-state index contributed by atoms with van der Waals surface area (Å²) in [4.78, 5) is 19.5. The Hall–Kier alpha value is -3.46. The first-order valence-electron chi connectivity index (χ1n) is 8.28. The number of aromatic nitrogens is 2. The Bertz CT molecular complexity index is 1280. The van der Waals surface area contributed by atoms with Crippen molar-refractivity contribution in [3.05, 3.63) is 59.2 Å². The van der Waals surface area contributed by atoms with Crippen LogP contribution in [-0.2, 0) is 10.0 Å². The maximum Gasteiger partial charge on any atom is 0.390 e. The molecule has 0 radical (unpaired) electrons. The Morgan fingerprint density at radius 3 is 2.67 bits per heavy atom. The number of H-pyrrole nitrogens is 1.